The van der Waals surface area contributed by atoms with E-state index in [9.17, 15) is 28.1 Å². The zero-order valence-corrected chi connectivity index (χ0v) is 21.5. The molecule has 2 aliphatic heterocycles. The van der Waals surface area contributed by atoms with Crippen LogP contribution in [0.4, 0.5) is 30.2 Å². The first-order valence-electron chi connectivity index (χ1n) is 13.0. The lowest BCUT2D eigenvalue weighted by atomic mass is 10.1. The van der Waals surface area contributed by atoms with Crippen LogP contribution in [0.15, 0.2) is 42.5 Å². The number of nitro groups is 1. The molecule has 1 N–H and O–H groups in total. The van der Waals surface area contributed by atoms with E-state index in [4.69, 9.17) is 0 Å². The van der Waals surface area contributed by atoms with E-state index in [0.717, 1.165) is 57.7 Å². The highest BCUT2D eigenvalue weighted by Crippen LogP contribution is 2.37. The number of nitro benzene ring substituents is 1. The van der Waals surface area contributed by atoms with Gasteiger partial charge in [-0.2, -0.15) is 13.2 Å². The Balaban J connectivity index is 0.00000420. The number of alkyl halides is 3. The lowest BCUT2D eigenvalue weighted by Gasteiger charge is -2.24. The zero-order chi connectivity index (χ0) is 27.3. The molecule has 11 heteroatoms. The van der Waals surface area contributed by atoms with Crippen LogP contribution in [0.25, 0.3) is 0 Å². The van der Waals surface area contributed by atoms with E-state index < -0.39 is 22.4 Å². The largest absolute Gasteiger partial charge is 0.423 e. The van der Waals surface area contributed by atoms with E-state index in [1.807, 2.05) is 0 Å². The minimum Gasteiger partial charge on any atom is -0.380 e. The number of aryl methyl sites for hydroxylation is 1. The number of nitrogens with zero attached hydrogens (tertiary/aromatic N) is 4. The van der Waals surface area contributed by atoms with Gasteiger partial charge in [0.2, 0.25) is 5.91 Å². The molecule has 2 aromatic rings. The number of hydrogen-bond donors (Lipinski definition) is 1. The molecule has 2 aliphatic rings. The summed E-state index contributed by atoms with van der Waals surface area (Å²) in [5.41, 5.74) is 0.389. The molecule has 1 atom stereocenters. The van der Waals surface area contributed by atoms with E-state index in [1.165, 1.54) is 17.3 Å². The van der Waals surface area contributed by atoms with Gasteiger partial charge in [-0.1, -0.05) is 25.1 Å². The fourth-order valence-corrected chi connectivity index (χ4v) is 5.17. The van der Waals surface area contributed by atoms with Crippen LogP contribution in [0.2, 0.25) is 0 Å². The highest BCUT2D eigenvalue weighted by atomic mass is 19.4. The fourth-order valence-electron chi connectivity index (χ4n) is 5.17. The number of rotatable bonds is 8. The molecule has 0 spiro atoms. The molecule has 214 valence electrons. The first kappa shape index (κ1) is 30.2. The lowest BCUT2D eigenvalue weighted by molar-refractivity contribution is -0.388. The predicted octanol–water partition coefficient (Wildman–Crippen LogP) is 5.56. The van der Waals surface area contributed by atoms with Gasteiger partial charge in [0.25, 0.3) is 5.69 Å². The molecule has 0 unspecified atom stereocenters. The van der Waals surface area contributed by atoms with Gasteiger partial charge >= 0.3 is 6.18 Å². The van der Waals surface area contributed by atoms with Crippen molar-refractivity contribution in [3.8, 4) is 0 Å². The number of likely N-dealkylation sites (tertiary alicyclic amines) is 1. The van der Waals surface area contributed by atoms with Crippen molar-refractivity contribution < 1.29 is 22.9 Å². The standard InChI is InChI=1S/C27H34F3N5O3.CH4/c1-20-5-8-23(9-6-20)33-14-3-13-32(16-17-33)12-2-4-26(36)34-15-11-22(19-34)31-21-7-10-25(35(37)38)24(18-21)27(28,29)30;/h5-10,18,22,31H,2-4,11-17,19H2,1H3;1H4/t22-;/m0./s1. The summed E-state index contributed by atoms with van der Waals surface area (Å²) in [6.07, 6.45) is -1.97. The molecule has 2 aromatic carbocycles. The summed E-state index contributed by atoms with van der Waals surface area (Å²) in [5, 5.41) is 14.0. The van der Waals surface area contributed by atoms with Gasteiger partial charge < -0.3 is 20.0 Å². The Morgan fingerprint density at radius 2 is 1.82 bits per heavy atom. The minimum atomic E-state index is -4.83. The van der Waals surface area contributed by atoms with Crippen molar-refractivity contribution in [1.82, 2.24) is 9.80 Å². The summed E-state index contributed by atoms with van der Waals surface area (Å²) < 4.78 is 39.8. The van der Waals surface area contributed by atoms with E-state index >= 15 is 0 Å². The van der Waals surface area contributed by atoms with Gasteiger partial charge in [0.1, 0.15) is 5.56 Å². The molecule has 0 bridgehead atoms. The number of carbonyl (C=O) groups excluding carboxylic acids is 1. The molecule has 0 aliphatic carbocycles. The van der Waals surface area contributed by atoms with Gasteiger partial charge in [-0.05, 0) is 63.5 Å². The smallest absolute Gasteiger partial charge is 0.380 e. The van der Waals surface area contributed by atoms with Crippen molar-refractivity contribution in [2.45, 2.75) is 52.3 Å². The molecule has 39 heavy (non-hydrogen) atoms. The molecule has 1 amide bonds. The number of anilines is 2. The summed E-state index contributed by atoms with van der Waals surface area (Å²) in [5.74, 6) is 0.0464. The van der Waals surface area contributed by atoms with Gasteiger partial charge in [-0.15, -0.1) is 0 Å². The van der Waals surface area contributed by atoms with Crippen LogP contribution in [0.5, 0.6) is 0 Å². The van der Waals surface area contributed by atoms with Crippen LogP contribution in [0, 0.1) is 17.0 Å². The van der Waals surface area contributed by atoms with Crippen LogP contribution >= 0.6 is 0 Å². The third-order valence-corrected chi connectivity index (χ3v) is 7.26. The van der Waals surface area contributed by atoms with Crippen molar-refractivity contribution in [3.05, 3.63) is 63.7 Å². The van der Waals surface area contributed by atoms with E-state index in [2.05, 4.69) is 46.3 Å². The summed E-state index contributed by atoms with van der Waals surface area (Å²) in [6.45, 7) is 7.78. The maximum Gasteiger partial charge on any atom is 0.423 e. The normalized spacial score (nSPS) is 18.4. The Kier molecular flexibility index (Phi) is 10.2. The first-order chi connectivity index (χ1) is 18.1. The van der Waals surface area contributed by atoms with E-state index in [1.54, 1.807) is 4.90 Å². The van der Waals surface area contributed by atoms with Gasteiger partial charge in [0.15, 0.2) is 0 Å². The summed E-state index contributed by atoms with van der Waals surface area (Å²) in [6, 6.07) is 11.3. The van der Waals surface area contributed by atoms with Gasteiger partial charge in [-0.3, -0.25) is 14.9 Å². The van der Waals surface area contributed by atoms with Crippen LogP contribution in [0.1, 0.15) is 44.2 Å². The summed E-state index contributed by atoms with van der Waals surface area (Å²) >= 11 is 0. The van der Waals surface area contributed by atoms with Crippen LogP contribution in [-0.2, 0) is 11.0 Å². The molecule has 2 saturated heterocycles. The highest BCUT2D eigenvalue weighted by Gasteiger charge is 2.38. The Bertz CT molecular complexity index is 1130. The van der Waals surface area contributed by atoms with Gasteiger partial charge in [0, 0.05) is 62.6 Å². The first-order valence-corrected chi connectivity index (χ1v) is 13.0. The summed E-state index contributed by atoms with van der Waals surface area (Å²) in [4.78, 5) is 29.3. The molecular formula is C28H38F3N5O3. The Labute approximate surface area is 227 Å². The predicted molar refractivity (Wildman–Crippen MR) is 147 cm³/mol. The molecule has 2 fully saturated rings. The molecule has 0 aromatic heterocycles. The number of halogens is 3. The van der Waals surface area contributed by atoms with E-state index in [0.29, 0.717) is 25.9 Å². The van der Waals surface area contributed by atoms with Crippen molar-refractivity contribution >= 4 is 23.0 Å². The van der Waals surface area contributed by atoms with Crippen molar-refractivity contribution in [2.75, 3.05) is 56.0 Å². The highest BCUT2D eigenvalue weighted by molar-refractivity contribution is 5.76. The molecule has 0 saturated carbocycles. The number of hydrogen-bond acceptors (Lipinski definition) is 6. The topological polar surface area (TPSA) is 82.0 Å². The number of carbonyl (C=O) groups is 1. The quantitative estimate of drug-likeness (QED) is 0.343. The molecule has 0 radical (unpaired) electrons. The Hall–Kier alpha value is -3.34. The molecule has 2 heterocycles. The van der Waals surface area contributed by atoms with E-state index in [-0.39, 0.29) is 25.1 Å². The van der Waals surface area contributed by atoms with Crippen LogP contribution < -0.4 is 10.2 Å². The van der Waals surface area contributed by atoms with Crippen molar-refractivity contribution in [1.29, 1.82) is 0 Å². The minimum absolute atomic E-state index is 0. The average Bonchev–Trinajstić information content (AvgIpc) is 3.21. The average molecular weight is 550 g/mol. The zero-order valence-electron chi connectivity index (χ0n) is 21.5. The maximum atomic E-state index is 13.3. The lowest BCUT2D eigenvalue weighted by Crippen LogP contribution is -2.33. The SMILES string of the molecule is C.Cc1ccc(N2CCCN(CCCC(=O)N3CC[C@H](Nc4ccc([N+](=O)[O-])c(C(F)(F)F)c4)C3)CC2)cc1. The number of nitrogens with one attached hydrogen (secondary N) is 1. The number of amides is 1. The Morgan fingerprint density at radius 1 is 1.08 bits per heavy atom. The van der Waals surface area contributed by atoms with Gasteiger partial charge in [-0.25, -0.2) is 0 Å². The molecular weight excluding hydrogens is 511 g/mol. The van der Waals surface area contributed by atoms with Gasteiger partial charge in [0.05, 0.1) is 4.92 Å². The second-order valence-electron chi connectivity index (χ2n) is 10.1. The van der Waals surface area contributed by atoms with Crippen molar-refractivity contribution in [2.24, 2.45) is 0 Å². The maximum absolute atomic E-state index is 13.3. The Morgan fingerprint density at radius 3 is 2.51 bits per heavy atom. The third kappa shape index (κ3) is 8.08. The number of benzene rings is 2. The monoisotopic (exact) mass is 549 g/mol. The third-order valence-electron chi connectivity index (χ3n) is 7.26. The van der Waals surface area contributed by atoms with Crippen LogP contribution in [0.3, 0.4) is 0 Å². The van der Waals surface area contributed by atoms with Crippen LogP contribution in [-0.4, -0.2) is 72.5 Å². The van der Waals surface area contributed by atoms with Crippen molar-refractivity contribution in [3.63, 3.8) is 0 Å². The fraction of sp³-hybridized carbons (Fsp3) is 0.536. The molecule has 8 nitrogen and oxygen atoms in total. The summed E-state index contributed by atoms with van der Waals surface area (Å²) in [7, 11) is 0. The second kappa shape index (κ2) is 13.1. The molecule has 4 rings (SSSR count). The second-order valence-corrected chi connectivity index (χ2v) is 10.1.